The molecule has 1 N–H and O–H groups in total. The van der Waals surface area contributed by atoms with Gasteiger partial charge in [0.25, 0.3) is 5.91 Å². The maximum Gasteiger partial charge on any atom is 0.257 e. The monoisotopic (exact) mass is 382 g/mol. The Balaban J connectivity index is 1.55. The van der Waals surface area contributed by atoms with Crippen LogP contribution in [0, 0.1) is 0 Å². The molecule has 8 heteroatoms. The number of nitrogens with one attached hydrogen (secondary N) is 1. The van der Waals surface area contributed by atoms with E-state index in [1.54, 1.807) is 24.3 Å². The number of piperidine rings is 1. The van der Waals surface area contributed by atoms with E-state index in [0.29, 0.717) is 22.0 Å². The van der Waals surface area contributed by atoms with E-state index < -0.39 is 0 Å². The number of hydrogen-bond donors (Lipinski definition) is 1. The Morgan fingerprint density at radius 3 is 2.59 bits per heavy atom. The summed E-state index contributed by atoms with van der Waals surface area (Å²) in [5.41, 5.74) is 2.75. The van der Waals surface area contributed by atoms with Gasteiger partial charge in [-0.1, -0.05) is 23.7 Å². The van der Waals surface area contributed by atoms with Crippen molar-refractivity contribution in [3.05, 3.63) is 59.4 Å². The summed E-state index contributed by atoms with van der Waals surface area (Å²) in [6.07, 6.45) is 5.09. The van der Waals surface area contributed by atoms with Gasteiger partial charge >= 0.3 is 0 Å². The zero-order chi connectivity index (χ0) is 18.6. The van der Waals surface area contributed by atoms with Crippen LogP contribution in [0.3, 0.4) is 0 Å². The highest BCUT2D eigenvalue weighted by Gasteiger charge is 2.16. The molecule has 27 heavy (non-hydrogen) atoms. The lowest BCUT2D eigenvalue weighted by Gasteiger charge is -2.29. The number of para-hydroxylation sites is 1. The highest BCUT2D eigenvalue weighted by atomic mass is 35.5. The molecule has 1 saturated heterocycles. The first-order chi connectivity index (χ1) is 13.2. The fourth-order valence-corrected chi connectivity index (χ4v) is 3.61. The minimum atomic E-state index is -0.247. The third-order valence-electron chi connectivity index (χ3n) is 4.65. The van der Waals surface area contributed by atoms with E-state index in [4.69, 9.17) is 11.6 Å². The van der Waals surface area contributed by atoms with Crippen molar-refractivity contribution in [1.29, 1.82) is 0 Å². The first-order valence-corrected chi connectivity index (χ1v) is 9.28. The van der Waals surface area contributed by atoms with Crippen LogP contribution in [0.1, 0.15) is 29.6 Å². The van der Waals surface area contributed by atoms with Crippen LogP contribution in [0.4, 0.5) is 11.4 Å². The minimum absolute atomic E-state index is 0.247. The van der Waals surface area contributed by atoms with E-state index in [0.717, 1.165) is 18.8 Å². The summed E-state index contributed by atoms with van der Waals surface area (Å²) in [5, 5.41) is 14.7. The van der Waals surface area contributed by atoms with Gasteiger partial charge in [-0.2, -0.15) is 4.68 Å². The van der Waals surface area contributed by atoms with Crippen LogP contribution in [-0.4, -0.2) is 39.2 Å². The molecule has 3 aromatic rings. The number of hydrogen-bond acceptors (Lipinski definition) is 5. The van der Waals surface area contributed by atoms with Crippen molar-refractivity contribution in [3.8, 4) is 5.69 Å². The van der Waals surface area contributed by atoms with Crippen molar-refractivity contribution in [2.75, 3.05) is 23.3 Å². The van der Waals surface area contributed by atoms with E-state index in [1.807, 2.05) is 18.2 Å². The fourth-order valence-electron chi connectivity index (χ4n) is 3.31. The number of benzene rings is 2. The Bertz CT molecular complexity index is 937. The van der Waals surface area contributed by atoms with Crippen molar-refractivity contribution < 1.29 is 4.79 Å². The second-order valence-electron chi connectivity index (χ2n) is 6.44. The summed E-state index contributed by atoms with van der Waals surface area (Å²) in [5.74, 6) is -0.247. The third kappa shape index (κ3) is 3.78. The van der Waals surface area contributed by atoms with Crippen LogP contribution in [0.2, 0.25) is 5.02 Å². The lowest BCUT2D eigenvalue weighted by atomic mass is 10.1. The summed E-state index contributed by atoms with van der Waals surface area (Å²) in [4.78, 5) is 15.1. The summed E-state index contributed by atoms with van der Waals surface area (Å²) in [6.45, 7) is 2.04. The Morgan fingerprint density at radius 2 is 1.85 bits per heavy atom. The van der Waals surface area contributed by atoms with Crippen LogP contribution in [-0.2, 0) is 0 Å². The molecule has 0 unspecified atom stereocenters. The molecule has 0 saturated carbocycles. The Morgan fingerprint density at radius 1 is 1.04 bits per heavy atom. The quantitative estimate of drug-likeness (QED) is 0.746. The highest BCUT2D eigenvalue weighted by Crippen LogP contribution is 2.31. The molecule has 0 radical (unpaired) electrons. The fraction of sp³-hybridized carbons (Fsp3) is 0.263. The lowest BCUT2D eigenvalue weighted by molar-refractivity contribution is 0.102. The molecular weight excluding hydrogens is 364 g/mol. The Hall–Kier alpha value is -2.93. The number of amides is 1. The van der Waals surface area contributed by atoms with Gasteiger partial charge in [-0.3, -0.25) is 4.79 Å². The molecule has 0 atom stereocenters. The van der Waals surface area contributed by atoms with Crippen molar-refractivity contribution in [2.24, 2.45) is 0 Å². The van der Waals surface area contributed by atoms with Gasteiger partial charge in [0.05, 0.1) is 22.0 Å². The number of halogens is 1. The molecule has 0 aliphatic carbocycles. The Labute approximate surface area is 161 Å². The molecule has 4 rings (SSSR count). The number of anilines is 2. The van der Waals surface area contributed by atoms with Crippen molar-refractivity contribution in [3.63, 3.8) is 0 Å². The molecule has 2 aromatic carbocycles. The largest absolute Gasteiger partial charge is 0.370 e. The maximum absolute atomic E-state index is 12.8. The van der Waals surface area contributed by atoms with Crippen LogP contribution in [0.15, 0.2) is 48.8 Å². The zero-order valence-corrected chi connectivity index (χ0v) is 15.4. The molecule has 1 amide bonds. The van der Waals surface area contributed by atoms with Gasteiger partial charge in [-0.25, -0.2) is 0 Å². The maximum atomic E-state index is 12.8. The van der Waals surface area contributed by atoms with E-state index >= 15 is 0 Å². The summed E-state index contributed by atoms with van der Waals surface area (Å²) < 4.78 is 1.46. The van der Waals surface area contributed by atoms with Crippen LogP contribution in [0.5, 0.6) is 0 Å². The van der Waals surface area contributed by atoms with E-state index in [2.05, 4.69) is 25.7 Å². The molecule has 1 aliphatic heterocycles. The number of nitrogens with zero attached hydrogens (tertiary/aromatic N) is 5. The molecule has 1 aliphatic rings. The van der Waals surface area contributed by atoms with E-state index in [9.17, 15) is 4.79 Å². The van der Waals surface area contributed by atoms with Gasteiger partial charge in [-0.05, 0) is 60.0 Å². The van der Waals surface area contributed by atoms with Gasteiger partial charge in [0, 0.05) is 18.8 Å². The normalized spacial score (nSPS) is 14.2. The molecule has 138 valence electrons. The van der Waals surface area contributed by atoms with Gasteiger partial charge in [0.15, 0.2) is 0 Å². The number of carbonyl (C=O) groups excluding carboxylic acids is 1. The summed E-state index contributed by atoms with van der Waals surface area (Å²) in [7, 11) is 0. The lowest BCUT2D eigenvalue weighted by Crippen LogP contribution is -2.29. The average Bonchev–Trinajstić information content (AvgIpc) is 3.23. The van der Waals surface area contributed by atoms with E-state index in [1.165, 1.54) is 30.3 Å². The van der Waals surface area contributed by atoms with Crippen molar-refractivity contribution in [1.82, 2.24) is 20.2 Å². The predicted octanol–water partition coefficient (Wildman–Crippen LogP) is 3.56. The third-order valence-corrected chi connectivity index (χ3v) is 4.95. The van der Waals surface area contributed by atoms with Gasteiger partial charge in [-0.15, -0.1) is 5.10 Å². The SMILES string of the molecule is O=C(Nc1ccc(N2CCCCC2)c(Cl)c1)c1ccccc1-n1cnnn1. The average molecular weight is 383 g/mol. The highest BCUT2D eigenvalue weighted by molar-refractivity contribution is 6.33. The summed E-state index contributed by atoms with van der Waals surface area (Å²) in [6, 6.07) is 12.8. The van der Waals surface area contributed by atoms with Crippen LogP contribution >= 0.6 is 11.6 Å². The number of tetrazole rings is 1. The number of aromatic nitrogens is 4. The Kier molecular flexibility index (Phi) is 5.02. The van der Waals surface area contributed by atoms with Crippen LogP contribution < -0.4 is 10.2 Å². The first-order valence-electron chi connectivity index (χ1n) is 8.90. The molecule has 1 aromatic heterocycles. The first kappa shape index (κ1) is 17.5. The zero-order valence-electron chi connectivity index (χ0n) is 14.7. The minimum Gasteiger partial charge on any atom is -0.370 e. The second-order valence-corrected chi connectivity index (χ2v) is 6.85. The van der Waals surface area contributed by atoms with E-state index in [-0.39, 0.29) is 5.91 Å². The summed E-state index contributed by atoms with van der Waals surface area (Å²) >= 11 is 6.48. The van der Waals surface area contributed by atoms with Gasteiger partial charge in [0.1, 0.15) is 6.33 Å². The molecular formula is C19H19ClN6O. The number of rotatable bonds is 4. The second kappa shape index (κ2) is 7.75. The van der Waals surface area contributed by atoms with Gasteiger partial charge in [0.2, 0.25) is 0 Å². The molecule has 0 spiro atoms. The molecule has 7 nitrogen and oxygen atoms in total. The molecule has 1 fully saturated rings. The standard InChI is InChI=1S/C19H19ClN6O/c20-16-12-14(8-9-18(16)25-10-4-1-5-11-25)22-19(27)15-6-2-3-7-17(15)26-13-21-23-24-26/h2-3,6-9,12-13H,1,4-5,10-11H2,(H,22,27). The van der Waals surface area contributed by atoms with Crippen molar-refractivity contribution in [2.45, 2.75) is 19.3 Å². The smallest absolute Gasteiger partial charge is 0.257 e. The van der Waals surface area contributed by atoms with Crippen molar-refractivity contribution >= 4 is 28.9 Å². The molecule has 0 bridgehead atoms. The van der Waals surface area contributed by atoms with Gasteiger partial charge < -0.3 is 10.2 Å². The van der Waals surface area contributed by atoms with Crippen LogP contribution in [0.25, 0.3) is 5.69 Å². The number of carbonyl (C=O) groups is 1. The molecule has 2 heterocycles. The topological polar surface area (TPSA) is 75.9 Å². The predicted molar refractivity (Wildman–Crippen MR) is 105 cm³/mol.